The summed E-state index contributed by atoms with van der Waals surface area (Å²) in [7, 11) is 0. The topological polar surface area (TPSA) is 83.8 Å². The van der Waals surface area contributed by atoms with Crippen molar-refractivity contribution in [1.29, 1.82) is 0 Å². The second kappa shape index (κ2) is 9.46. The quantitative estimate of drug-likeness (QED) is 0.441. The Bertz CT molecular complexity index is 1140. The molecule has 3 aromatic heterocycles. The van der Waals surface area contributed by atoms with Crippen molar-refractivity contribution in [1.82, 2.24) is 19.7 Å². The van der Waals surface area contributed by atoms with Crippen LogP contribution in [0.15, 0.2) is 67.3 Å². The van der Waals surface area contributed by atoms with Crippen LogP contribution in [-0.4, -0.2) is 37.0 Å². The number of aromatic amines is 1. The lowest BCUT2D eigenvalue weighted by molar-refractivity contribution is -0.192. The SMILES string of the molecule is CCC[C@@H](c1ccccc1)n1cc(-c2ccnc3[nH]ccc23)cn1.O=C(O)C(F)(F)F. The molecule has 0 saturated heterocycles. The van der Waals surface area contributed by atoms with Crippen LogP contribution < -0.4 is 0 Å². The number of hydrogen-bond acceptors (Lipinski definition) is 3. The number of rotatable bonds is 5. The number of H-pyrrole nitrogens is 1. The van der Waals surface area contributed by atoms with Gasteiger partial charge in [-0.25, -0.2) is 9.78 Å². The van der Waals surface area contributed by atoms with Gasteiger partial charge in [-0.2, -0.15) is 18.3 Å². The molecule has 0 radical (unpaired) electrons. The molecule has 6 nitrogen and oxygen atoms in total. The summed E-state index contributed by atoms with van der Waals surface area (Å²) >= 11 is 0. The van der Waals surface area contributed by atoms with Gasteiger partial charge in [0.2, 0.25) is 0 Å². The summed E-state index contributed by atoms with van der Waals surface area (Å²) < 4.78 is 33.8. The molecule has 0 saturated carbocycles. The highest BCUT2D eigenvalue weighted by atomic mass is 19.4. The smallest absolute Gasteiger partial charge is 0.475 e. The van der Waals surface area contributed by atoms with E-state index >= 15 is 0 Å². The number of nitrogens with one attached hydrogen (secondary N) is 1. The molecule has 3 heterocycles. The Labute approximate surface area is 176 Å². The number of pyridine rings is 1. The molecule has 4 aromatic rings. The predicted octanol–water partition coefficient (Wildman–Crippen LogP) is 5.45. The first-order chi connectivity index (χ1) is 14.8. The van der Waals surface area contributed by atoms with Crippen molar-refractivity contribution in [3.8, 4) is 11.1 Å². The number of halogens is 3. The number of fused-ring (bicyclic) bond motifs is 1. The van der Waals surface area contributed by atoms with Crippen molar-refractivity contribution >= 4 is 17.0 Å². The van der Waals surface area contributed by atoms with Crippen molar-refractivity contribution in [3.05, 3.63) is 72.8 Å². The highest BCUT2D eigenvalue weighted by Crippen LogP contribution is 2.29. The maximum Gasteiger partial charge on any atom is 0.490 e. The van der Waals surface area contributed by atoms with E-state index in [1.165, 1.54) is 5.56 Å². The molecule has 9 heteroatoms. The zero-order valence-electron chi connectivity index (χ0n) is 16.7. The van der Waals surface area contributed by atoms with Crippen LogP contribution in [0.1, 0.15) is 31.4 Å². The average molecular weight is 430 g/mol. The number of alkyl halides is 3. The number of aliphatic carboxylic acids is 1. The lowest BCUT2D eigenvalue weighted by atomic mass is 10.0. The van der Waals surface area contributed by atoms with E-state index in [1.807, 2.05) is 18.6 Å². The first-order valence-electron chi connectivity index (χ1n) is 9.63. The lowest BCUT2D eigenvalue weighted by Crippen LogP contribution is -2.21. The monoisotopic (exact) mass is 430 g/mol. The summed E-state index contributed by atoms with van der Waals surface area (Å²) in [5, 5.41) is 12.9. The van der Waals surface area contributed by atoms with Crippen molar-refractivity contribution in [2.75, 3.05) is 0 Å². The van der Waals surface area contributed by atoms with Crippen molar-refractivity contribution in [3.63, 3.8) is 0 Å². The fourth-order valence-corrected chi connectivity index (χ4v) is 3.26. The van der Waals surface area contributed by atoms with Crippen LogP contribution in [0.5, 0.6) is 0 Å². The van der Waals surface area contributed by atoms with E-state index in [0.29, 0.717) is 0 Å². The highest BCUT2D eigenvalue weighted by Gasteiger charge is 2.38. The van der Waals surface area contributed by atoms with Crippen LogP contribution in [0.3, 0.4) is 0 Å². The lowest BCUT2D eigenvalue weighted by Gasteiger charge is -2.17. The van der Waals surface area contributed by atoms with Crippen LogP contribution >= 0.6 is 0 Å². The fourth-order valence-electron chi connectivity index (χ4n) is 3.26. The normalized spacial score (nSPS) is 12.3. The molecule has 0 aliphatic heterocycles. The summed E-state index contributed by atoms with van der Waals surface area (Å²) in [5.41, 5.74) is 4.50. The molecule has 0 aliphatic rings. The van der Waals surface area contributed by atoms with Gasteiger partial charge in [-0.15, -0.1) is 0 Å². The van der Waals surface area contributed by atoms with E-state index in [9.17, 15) is 13.2 Å². The number of benzene rings is 1. The van der Waals surface area contributed by atoms with E-state index in [-0.39, 0.29) is 6.04 Å². The maximum absolute atomic E-state index is 10.6. The Hall–Kier alpha value is -3.62. The molecule has 4 rings (SSSR count). The number of carbonyl (C=O) groups is 1. The Morgan fingerprint density at radius 3 is 2.55 bits per heavy atom. The minimum absolute atomic E-state index is 0.272. The van der Waals surface area contributed by atoms with E-state index in [0.717, 1.165) is 35.0 Å². The largest absolute Gasteiger partial charge is 0.490 e. The van der Waals surface area contributed by atoms with Gasteiger partial charge >= 0.3 is 12.1 Å². The first-order valence-corrected chi connectivity index (χ1v) is 9.63. The summed E-state index contributed by atoms with van der Waals surface area (Å²) in [6, 6.07) is 15.0. The van der Waals surface area contributed by atoms with Crippen LogP contribution in [0.4, 0.5) is 13.2 Å². The molecule has 0 spiro atoms. The summed E-state index contributed by atoms with van der Waals surface area (Å²) in [6.07, 6.45) is 4.97. The number of nitrogens with zero attached hydrogens (tertiary/aromatic N) is 3. The zero-order chi connectivity index (χ0) is 22.4. The van der Waals surface area contributed by atoms with Crippen LogP contribution in [0.2, 0.25) is 0 Å². The third-order valence-electron chi connectivity index (χ3n) is 4.68. The maximum atomic E-state index is 10.6. The predicted molar refractivity (Wildman–Crippen MR) is 110 cm³/mol. The zero-order valence-corrected chi connectivity index (χ0v) is 16.7. The van der Waals surface area contributed by atoms with E-state index in [4.69, 9.17) is 9.90 Å². The summed E-state index contributed by atoms with van der Waals surface area (Å²) in [4.78, 5) is 16.4. The highest BCUT2D eigenvalue weighted by molar-refractivity contribution is 5.92. The Balaban J connectivity index is 0.000000339. The van der Waals surface area contributed by atoms with Crippen molar-refractivity contribution in [2.24, 2.45) is 0 Å². The van der Waals surface area contributed by atoms with Gasteiger partial charge < -0.3 is 10.1 Å². The molecular weight excluding hydrogens is 409 g/mol. The van der Waals surface area contributed by atoms with Gasteiger partial charge in [0, 0.05) is 29.5 Å². The van der Waals surface area contributed by atoms with Gasteiger partial charge in [0.05, 0.1) is 12.2 Å². The summed E-state index contributed by atoms with van der Waals surface area (Å²) in [5.74, 6) is -2.76. The Morgan fingerprint density at radius 2 is 1.90 bits per heavy atom. The van der Waals surface area contributed by atoms with E-state index in [1.54, 1.807) is 0 Å². The molecule has 0 aliphatic carbocycles. The van der Waals surface area contributed by atoms with Gasteiger partial charge in [0.1, 0.15) is 5.65 Å². The Morgan fingerprint density at radius 1 is 1.19 bits per heavy atom. The fraction of sp³-hybridized carbons (Fsp3) is 0.227. The molecule has 31 heavy (non-hydrogen) atoms. The first kappa shape index (κ1) is 22.1. The third-order valence-corrected chi connectivity index (χ3v) is 4.68. The standard InChI is InChI=1S/C20H20N4.C2HF3O2/c1-2-6-19(15-7-4-3-5-8-15)24-14-16(13-23-24)17-9-11-21-20-18(17)10-12-22-20;3-2(4,5)1(6)7/h3-5,7-14,19H,2,6H2,1H3,(H,21,22);(H,6,7)/t19-;/m0./s1. The third kappa shape index (κ3) is 5.30. The Kier molecular flexibility index (Phi) is 6.74. The second-order valence-corrected chi connectivity index (χ2v) is 6.83. The molecule has 1 aromatic carbocycles. The molecule has 0 amide bonds. The number of carboxylic acids is 1. The molecular formula is C22H21F3N4O2. The van der Waals surface area contributed by atoms with E-state index < -0.39 is 12.1 Å². The molecule has 2 N–H and O–H groups in total. The van der Waals surface area contributed by atoms with Gasteiger partial charge in [0.15, 0.2) is 0 Å². The molecule has 0 unspecified atom stereocenters. The van der Waals surface area contributed by atoms with Gasteiger partial charge in [0.25, 0.3) is 0 Å². The van der Waals surface area contributed by atoms with Gasteiger partial charge in [-0.3, -0.25) is 4.68 Å². The second-order valence-electron chi connectivity index (χ2n) is 6.83. The molecule has 1 atom stereocenters. The van der Waals surface area contributed by atoms with Crippen LogP contribution in [0.25, 0.3) is 22.2 Å². The molecule has 0 bridgehead atoms. The average Bonchev–Trinajstić information content (AvgIpc) is 3.42. The summed E-state index contributed by atoms with van der Waals surface area (Å²) in [6.45, 7) is 2.21. The van der Waals surface area contributed by atoms with Crippen LogP contribution in [0, 0.1) is 0 Å². The minimum Gasteiger partial charge on any atom is -0.475 e. The minimum atomic E-state index is -5.08. The molecule has 162 valence electrons. The molecule has 0 fully saturated rings. The van der Waals surface area contributed by atoms with Gasteiger partial charge in [-0.1, -0.05) is 43.7 Å². The van der Waals surface area contributed by atoms with E-state index in [2.05, 4.69) is 75.3 Å². The number of aromatic nitrogens is 4. The van der Waals surface area contributed by atoms with Gasteiger partial charge in [-0.05, 0) is 29.7 Å². The van der Waals surface area contributed by atoms with Crippen molar-refractivity contribution < 1.29 is 23.1 Å². The number of carboxylic acid groups (broad SMARTS) is 1. The van der Waals surface area contributed by atoms with Crippen LogP contribution in [-0.2, 0) is 4.79 Å². The van der Waals surface area contributed by atoms with Crippen molar-refractivity contribution in [2.45, 2.75) is 32.0 Å². The number of hydrogen-bond donors (Lipinski definition) is 2.